The molecular formula is C19H14ClNO3S. The number of para-hydroxylation sites is 1. The van der Waals surface area contributed by atoms with Crippen molar-refractivity contribution in [3.63, 3.8) is 0 Å². The van der Waals surface area contributed by atoms with Gasteiger partial charge in [0.05, 0.1) is 0 Å². The molecule has 2 heterocycles. The van der Waals surface area contributed by atoms with Crippen molar-refractivity contribution in [2.75, 3.05) is 12.3 Å². The highest BCUT2D eigenvalue weighted by atomic mass is 35.5. The van der Waals surface area contributed by atoms with Crippen LogP contribution in [0.1, 0.15) is 21.3 Å². The maximum absolute atomic E-state index is 13.0. The lowest BCUT2D eigenvalue weighted by molar-refractivity contribution is 0.0756. The molecule has 0 aliphatic carbocycles. The number of fused-ring (bicyclic) bond motifs is 1. The second kappa shape index (κ2) is 6.58. The molecule has 1 saturated heterocycles. The van der Waals surface area contributed by atoms with Gasteiger partial charge >= 0.3 is 5.63 Å². The average Bonchev–Trinajstić information content (AvgIpc) is 3.10. The van der Waals surface area contributed by atoms with E-state index in [1.165, 1.54) is 0 Å². The van der Waals surface area contributed by atoms with E-state index in [-0.39, 0.29) is 16.8 Å². The summed E-state index contributed by atoms with van der Waals surface area (Å²) in [4.78, 5) is 27.0. The monoisotopic (exact) mass is 371 g/mol. The lowest BCUT2D eigenvalue weighted by atomic mass is 10.1. The predicted molar refractivity (Wildman–Crippen MR) is 100 cm³/mol. The van der Waals surface area contributed by atoms with Gasteiger partial charge in [-0.15, -0.1) is 11.8 Å². The minimum absolute atomic E-state index is 0.0539. The number of hydrogen-bond acceptors (Lipinski definition) is 4. The van der Waals surface area contributed by atoms with Crippen molar-refractivity contribution in [2.24, 2.45) is 0 Å². The molecule has 0 bridgehead atoms. The summed E-state index contributed by atoms with van der Waals surface area (Å²) in [5.41, 5.74) is 0.796. The molecule has 4 nitrogen and oxygen atoms in total. The molecule has 2 aromatic carbocycles. The molecule has 1 aliphatic rings. The summed E-state index contributed by atoms with van der Waals surface area (Å²) < 4.78 is 5.30. The van der Waals surface area contributed by atoms with E-state index in [0.29, 0.717) is 17.2 Å². The molecule has 1 aromatic heterocycles. The number of hydrogen-bond donors (Lipinski definition) is 0. The van der Waals surface area contributed by atoms with E-state index in [1.807, 2.05) is 36.4 Å². The minimum Gasteiger partial charge on any atom is -0.422 e. The van der Waals surface area contributed by atoms with Gasteiger partial charge < -0.3 is 9.32 Å². The Labute approximate surface area is 153 Å². The molecule has 0 unspecified atom stereocenters. The lowest BCUT2D eigenvalue weighted by Gasteiger charge is -2.24. The topological polar surface area (TPSA) is 50.5 Å². The summed E-state index contributed by atoms with van der Waals surface area (Å²) >= 11 is 7.94. The van der Waals surface area contributed by atoms with Gasteiger partial charge in [0.25, 0.3) is 5.91 Å². The predicted octanol–water partition coefficient (Wildman–Crippen LogP) is 4.33. The molecule has 25 heavy (non-hydrogen) atoms. The summed E-state index contributed by atoms with van der Waals surface area (Å²) in [6, 6.07) is 16.2. The van der Waals surface area contributed by atoms with Crippen LogP contribution in [0.15, 0.2) is 63.8 Å². The largest absolute Gasteiger partial charge is 0.422 e. The fourth-order valence-corrected chi connectivity index (χ4v) is 4.57. The average molecular weight is 372 g/mol. The van der Waals surface area contributed by atoms with Gasteiger partial charge in [0.15, 0.2) is 0 Å². The van der Waals surface area contributed by atoms with Crippen LogP contribution in [-0.4, -0.2) is 23.1 Å². The maximum Gasteiger partial charge on any atom is 0.349 e. The van der Waals surface area contributed by atoms with Crippen molar-refractivity contribution >= 4 is 40.2 Å². The van der Waals surface area contributed by atoms with Crippen LogP contribution in [-0.2, 0) is 0 Å². The van der Waals surface area contributed by atoms with E-state index in [9.17, 15) is 9.59 Å². The first-order valence-corrected chi connectivity index (χ1v) is 9.28. The van der Waals surface area contributed by atoms with Crippen molar-refractivity contribution in [1.29, 1.82) is 0 Å². The third-order valence-corrected chi connectivity index (χ3v) is 5.78. The molecule has 0 radical (unpaired) electrons. The third kappa shape index (κ3) is 2.94. The Morgan fingerprint density at radius 2 is 1.92 bits per heavy atom. The Morgan fingerprint density at radius 3 is 2.76 bits per heavy atom. The molecule has 1 atom stereocenters. The summed E-state index contributed by atoms with van der Waals surface area (Å²) in [5.74, 6) is 0.468. The van der Waals surface area contributed by atoms with Crippen molar-refractivity contribution < 1.29 is 9.21 Å². The van der Waals surface area contributed by atoms with Crippen LogP contribution in [0, 0.1) is 0 Å². The second-order valence-electron chi connectivity index (χ2n) is 5.73. The standard InChI is InChI=1S/C19H14ClNO3S/c20-15-7-3-2-6-13(15)18-21(9-10-25-18)17(22)14-11-12-5-1-4-8-16(12)24-19(14)23/h1-8,11,18H,9-10H2/t18-/m1/s1. The Hall–Kier alpha value is -2.24. The van der Waals surface area contributed by atoms with Gasteiger partial charge in [-0.1, -0.05) is 48.0 Å². The van der Waals surface area contributed by atoms with E-state index < -0.39 is 5.63 Å². The highest BCUT2D eigenvalue weighted by Crippen LogP contribution is 2.41. The first-order valence-electron chi connectivity index (χ1n) is 7.85. The first kappa shape index (κ1) is 16.2. The Morgan fingerprint density at radius 1 is 1.16 bits per heavy atom. The molecule has 1 amide bonds. The van der Waals surface area contributed by atoms with E-state index in [4.69, 9.17) is 16.0 Å². The van der Waals surface area contributed by atoms with Crippen molar-refractivity contribution in [1.82, 2.24) is 4.90 Å². The summed E-state index contributed by atoms with van der Waals surface area (Å²) in [6.45, 7) is 0.561. The zero-order chi connectivity index (χ0) is 17.4. The van der Waals surface area contributed by atoms with Crippen LogP contribution in [0.3, 0.4) is 0 Å². The summed E-state index contributed by atoms with van der Waals surface area (Å²) in [5, 5.41) is 1.14. The normalized spacial score (nSPS) is 17.2. The Balaban J connectivity index is 1.74. The molecule has 0 saturated carbocycles. The van der Waals surface area contributed by atoms with Crippen LogP contribution in [0.4, 0.5) is 0 Å². The zero-order valence-corrected chi connectivity index (χ0v) is 14.7. The van der Waals surface area contributed by atoms with Crippen LogP contribution in [0.25, 0.3) is 11.0 Å². The lowest BCUT2D eigenvalue weighted by Crippen LogP contribution is -2.33. The van der Waals surface area contributed by atoms with Gasteiger partial charge in [0, 0.05) is 28.3 Å². The molecule has 0 spiro atoms. The molecule has 1 fully saturated rings. The fraction of sp³-hybridized carbons (Fsp3) is 0.158. The second-order valence-corrected chi connectivity index (χ2v) is 7.32. The Kier molecular flexibility index (Phi) is 4.27. The van der Waals surface area contributed by atoms with E-state index in [0.717, 1.165) is 16.7 Å². The van der Waals surface area contributed by atoms with Crippen LogP contribution in [0.5, 0.6) is 0 Å². The number of carbonyl (C=O) groups is 1. The zero-order valence-electron chi connectivity index (χ0n) is 13.1. The number of carbonyl (C=O) groups excluding carboxylic acids is 1. The smallest absolute Gasteiger partial charge is 0.349 e. The van der Waals surface area contributed by atoms with Gasteiger partial charge in [-0.25, -0.2) is 4.79 Å². The quantitative estimate of drug-likeness (QED) is 0.629. The van der Waals surface area contributed by atoms with E-state index in [2.05, 4.69) is 0 Å². The third-order valence-electron chi connectivity index (χ3n) is 4.19. The van der Waals surface area contributed by atoms with Gasteiger partial charge in [-0.2, -0.15) is 0 Å². The number of amides is 1. The van der Waals surface area contributed by atoms with Crippen molar-refractivity contribution in [3.8, 4) is 0 Å². The number of rotatable bonds is 2. The number of nitrogens with zero attached hydrogens (tertiary/aromatic N) is 1. The summed E-state index contributed by atoms with van der Waals surface area (Å²) in [7, 11) is 0. The van der Waals surface area contributed by atoms with Crippen molar-refractivity contribution in [2.45, 2.75) is 5.37 Å². The van der Waals surface area contributed by atoms with Crippen LogP contribution >= 0.6 is 23.4 Å². The fourth-order valence-electron chi connectivity index (χ4n) is 2.98. The maximum atomic E-state index is 13.0. The first-order chi connectivity index (χ1) is 12.1. The minimum atomic E-state index is -0.612. The molecule has 6 heteroatoms. The Bertz CT molecular complexity index is 1020. The van der Waals surface area contributed by atoms with E-state index in [1.54, 1.807) is 34.9 Å². The number of halogens is 1. The number of thioether (sulfide) groups is 1. The van der Waals surface area contributed by atoms with Gasteiger partial charge in [-0.3, -0.25) is 4.79 Å². The number of benzene rings is 2. The molecule has 3 aromatic rings. The van der Waals surface area contributed by atoms with E-state index >= 15 is 0 Å². The van der Waals surface area contributed by atoms with Crippen LogP contribution < -0.4 is 5.63 Å². The summed E-state index contributed by atoms with van der Waals surface area (Å²) in [6.07, 6.45) is 0. The molecule has 126 valence electrons. The SMILES string of the molecule is O=C(c1cc2ccccc2oc1=O)N1CCS[C@@H]1c1ccccc1Cl. The highest BCUT2D eigenvalue weighted by Gasteiger charge is 2.33. The molecule has 0 N–H and O–H groups in total. The molecule has 4 rings (SSSR count). The molecule has 1 aliphatic heterocycles. The van der Waals surface area contributed by atoms with Gasteiger partial charge in [0.2, 0.25) is 0 Å². The van der Waals surface area contributed by atoms with Crippen molar-refractivity contribution in [3.05, 3.63) is 81.2 Å². The van der Waals surface area contributed by atoms with Crippen LogP contribution in [0.2, 0.25) is 5.02 Å². The van der Waals surface area contributed by atoms with Gasteiger partial charge in [-0.05, 0) is 18.2 Å². The molecular weight excluding hydrogens is 358 g/mol. The highest BCUT2D eigenvalue weighted by molar-refractivity contribution is 7.99. The van der Waals surface area contributed by atoms with Gasteiger partial charge in [0.1, 0.15) is 16.5 Å².